The smallest absolute Gasteiger partial charge is 0.375 e. The summed E-state index contributed by atoms with van der Waals surface area (Å²) in [6, 6.07) is 0. The number of hydrogen-bond acceptors (Lipinski definition) is 3. The van der Waals surface area contributed by atoms with Crippen molar-refractivity contribution in [3.05, 3.63) is 0 Å². The molecule has 0 unspecified atom stereocenters. The minimum absolute atomic E-state index is 0.240. The molecule has 3 nitrogen and oxygen atoms in total. The molecule has 0 aromatic heterocycles. The number of halogens is 1. The van der Waals surface area contributed by atoms with Crippen LogP contribution in [0.4, 0.5) is 0 Å². The minimum atomic E-state index is -0.771. The summed E-state index contributed by atoms with van der Waals surface area (Å²) in [6.07, 6.45) is 0. The summed E-state index contributed by atoms with van der Waals surface area (Å²) >= 11 is 2.96. The number of carbonyl (C=O) groups excluding carboxylic acids is 2. The molecule has 10 heavy (non-hydrogen) atoms. The molecule has 0 fully saturated rings. The van der Waals surface area contributed by atoms with Crippen molar-refractivity contribution < 1.29 is 14.3 Å². The predicted molar refractivity (Wildman–Crippen MR) is 40.0 cm³/mol. The van der Waals surface area contributed by atoms with Crippen molar-refractivity contribution in [1.29, 1.82) is 0 Å². The van der Waals surface area contributed by atoms with E-state index in [1.54, 1.807) is 13.8 Å². The molecule has 1 atom stereocenters. The zero-order chi connectivity index (χ0) is 8.15. The lowest BCUT2D eigenvalue weighted by atomic mass is 10.3. The van der Waals surface area contributed by atoms with E-state index in [-0.39, 0.29) is 6.61 Å². The molecule has 0 aliphatic carbocycles. The number of hydrogen-bond donors (Lipinski definition) is 0. The zero-order valence-corrected chi connectivity index (χ0v) is 7.47. The van der Waals surface area contributed by atoms with Gasteiger partial charge in [-0.1, -0.05) is 15.9 Å². The summed E-state index contributed by atoms with van der Waals surface area (Å²) in [5.74, 6) is -1.31. The largest absolute Gasteiger partial charge is 0.460 e. The fourth-order valence-electron chi connectivity index (χ4n) is 0.365. The average Bonchev–Trinajstić information content (AvgIpc) is 1.87. The van der Waals surface area contributed by atoms with Crippen molar-refractivity contribution in [2.75, 3.05) is 6.61 Å². The number of alkyl halides is 1. The maximum atomic E-state index is 10.7. The third kappa shape index (κ3) is 2.96. The first-order chi connectivity index (χ1) is 4.59. The van der Waals surface area contributed by atoms with Crippen LogP contribution < -0.4 is 0 Å². The molecule has 0 radical (unpaired) electrons. The second-order valence-electron chi connectivity index (χ2n) is 1.70. The van der Waals surface area contributed by atoms with Crippen LogP contribution >= 0.6 is 15.9 Å². The molecule has 0 bridgehead atoms. The fraction of sp³-hybridized carbons (Fsp3) is 0.667. The topological polar surface area (TPSA) is 43.4 Å². The Bertz CT molecular complexity index is 142. The van der Waals surface area contributed by atoms with Crippen molar-refractivity contribution in [1.82, 2.24) is 0 Å². The van der Waals surface area contributed by atoms with Gasteiger partial charge in [-0.05, 0) is 13.8 Å². The van der Waals surface area contributed by atoms with Crippen molar-refractivity contribution in [2.45, 2.75) is 18.7 Å². The van der Waals surface area contributed by atoms with E-state index in [2.05, 4.69) is 20.7 Å². The van der Waals surface area contributed by atoms with Crippen LogP contribution in [-0.2, 0) is 14.3 Å². The van der Waals surface area contributed by atoms with E-state index < -0.39 is 16.6 Å². The van der Waals surface area contributed by atoms with Gasteiger partial charge in [-0.15, -0.1) is 0 Å². The summed E-state index contributed by atoms with van der Waals surface area (Å²) in [7, 11) is 0. The Labute approximate surface area is 67.9 Å². The third-order valence-corrected chi connectivity index (χ3v) is 1.25. The summed E-state index contributed by atoms with van der Waals surface area (Å²) in [4.78, 5) is 20.8. The van der Waals surface area contributed by atoms with E-state index in [1.165, 1.54) is 0 Å². The van der Waals surface area contributed by atoms with Crippen molar-refractivity contribution >= 4 is 27.7 Å². The third-order valence-electron chi connectivity index (χ3n) is 0.838. The number of rotatable bonds is 3. The molecule has 0 spiro atoms. The van der Waals surface area contributed by atoms with E-state index in [1.807, 2.05) is 0 Å². The highest BCUT2D eigenvalue weighted by Crippen LogP contribution is 1.99. The first kappa shape index (κ1) is 9.62. The molecule has 0 heterocycles. The second kappa shape index (κ2) is 4.44. The summed E-state index contributed by atoms with van der Waals surface area (Å²) in [5, 5.41) is 0. The molecular weight excluding hydrogens is 200 g/mol. The minimum Gasteiger partial charge on any atom is -0.460 e. The maximum Gasteiger partial charge on any atom is 0.375 e. The van der Waals surface area contributed by atoms with E-state index in [0.717, 1.165) is 0 Å². The average molecular weight is 209 g/mol. The molecular formula is C6H9BrO3. The van der Waals surface area contributed by atoms with E-state index in [0.29, 0.717) is 0 Å². The molecule has 58 valence electrons. The van der Waals surface area contributed by atoms with Gasteiger partial charge in [0.05, 0.1) is 11.4 Å². The number of ether oxygens (including phenoxy) is 1. The van der Waals surface area contributed by atoms with E-state index in [9.17, 15) is 9.59 Å². The first-order valence-electron chi connectivity index (χ1n) is 2.94. The van der Waals surface area contributed by atoms with Gasteiger partial charge in [0, 0.05) is 0 Å². The summed E-state index contributed by atoms with van der Waals surface area (Å²) < 4.78 is 4.45. The van der Waals surface area contributed by atoms with Gasteiger partial charge in [-0.25, -0.2) is 4.79 Å². The van der Waals surface area contributed by atoms with Crippen LogP contribution in [0.3, 0.4) is 0 Å². The molecule has 0 amide bonds. The molecule has 0 aromatic rings. The monoisotopic (exact) mass is 208 g/mol. The van der Waals surface area contributed by atoms with Gasteiger partial charge < -0.3 is 4.74 Å². The van der Waals surface area contributed by atoms with Gasteiger partial charge in [0.2, 0.25) is 0 Å². The molecule has 0 aliphatic rings. The normalized spacial score (nSPS) is 12.3. The molecule has 4 heteroatoms. The number of Topliss-reactive ketones (excluding diaryl/α,β-unsaturated/α-hetero) is 1. The molecule has 0 aliphatic heterocycles. The highest BCUT2D eigenvalue weighted by Gasteiger charge is 2.19. The summed E-state index contributed by atoms with van der Waals surface area (Å²) in [6.45, 7) is 3.48. The Morgan fingerprint density at radius 2 is 2.10 bits per heavy atom. The maximum absolute atomic E-state index is 10.7. The zero-order valence-electron chi connectivity index (χ0n) is 5.89. The number of carbonyl (C=O) groups is 2. The van der Waals surface area contributed by atoms with Gasteiger partial charge in [-0.3, -0.25) is 4.79 Å². The molecule has 0 saturated heterocycles. The highest BCUT2D eigenvalue weighted by molar-refractivity contribution is 9.10. The summed E-state index contributed by atoms with van der Waals surface area (Å²) in [5.41, 5.74) is 0. The lowest BCUT2D eigenvalue weighted by Gasteiger charge is -2.00. The van der Waals surface area contributed by atoms with Gasteiger partial charge in [0.1, 0.15) is 0 Å². The van der Waals surface area contributed by atoms with Crippen LogP contribution in [0.1, 0.15) is 13.8 Å². The van der Waals surface area contributed by atoms with E-state index >= 15 is 0 Å². The number of ketones is 1. The van der Waals surface area contributed by atoms with Crippen LogP contribution in [0.15, 0.2) is 0 Å². The lowest BCUT2D eigenvalue weighted by Crippen LogP contribution is -2.23. The van der Waals surface area contributed by atoms with Gasteiger partial charge >= 0.3 is 5.97 Å². The predicted octanol–water partition coefficient (Wildman–Crippen LogP) is 0.902. The van der Waals surface area contributed by atoms with Crippen molar-refractivity contribution in [3.8, 4) is 0 Å². The van der Waals surface area contributed by atoms with Crippen LogP contribution in [0.5, 0.6) is 0 Å². The Kier molecular flexibility index (Phi) is 4.27. The van der Waals surface area contributed by atoms with Gasteiger partial charge in [0.15, 0.2) is 0 Å². The van der Waals surface area contributed by atoms with E-state index in [4.69, 9.17) is 0 Å². The number of esters is 1. The SMILES string of the molecule is CCOC(=O)C(=O)[C@@H](C)Br. The van der Waals surface area contributed by atoms with Gasteiger partial charge in [-0.2, -0.15) is 0 Å². The lowest BCUT2D eigenvalue weighted by molar-refractivity contribution is -0.153. The Hall–Kier alpha value is -0.380. The quantitative estimate of drug-likeness (QED) is 0.394. The second-order valence-corrected chi connectivity index (χ2v) is 3.07. The van der Waals surface area contributed by atoms with Crippen LogP contribution in [0.2, 0.25) is 0 Å². The van der Waals surface area contributed by atoms with Crippen molar-refractivity contribution in [2.24, 2.45) is 0 Å². The first-order valence-corrected chi connectivity index (χ1v) is 3.86. The van der Waals surface area contributed by atoms with Crippen LogP contribution in [0.25, 0.3) is 0 Å². The molecule has 0 N–H and O–H groups in total. The molecule has 0 saturated carbocycles. The fourth-order valence-corrected chi connectivity index (χ4v) is 0.552. The van der Waals surface area contributed by atoms with Crippen molar-refractivity contribution in [3.63, 3.8) is 0 Å². The molecule has 0 rings (SSSR count). The standard InChI is InChI=1S/C6H9BrO3/c1-3-10-6(9)5(8)4(2)7/h4H,3H2,1-2H3/t4-/m1/s1. The van der Waals surface area contributed by atoms with Gasteiger partial charge in [0.25, 0.3) is 5.78 Å². The Morgan fingerprint density at radius 3 is 2.40 bits per heavy atom. The van der Waals surface area contributed by atoms with Crippen LogP contribution in [0, 0.1) is 0 Å². The van der Waals surface area contributed by atoms with Crippen LogP contribution in [-0.4, -0.2) is 23.2 Å². The Balaban J connectivity index is 3.83. The Morgan fingerprint density at radius 1 is 1.60 bits per heavy atom. The molecule has 0 aromatic carbocycles. The highest BCUT2D eigenvalue weighted by atomic mass is 79.9.